The molecule has 4 rings (SSSR count). The van der Waals surface area contributed by atoms with E-state index in [1.165, 1.54) is 5.56 Å². The normalized spacial score (nSPS) is 19.7. The molecule has 1 N–H and O–H groups in total. The standard InChI is InChI=1S/C22H28N4O3/c1-3-23-21(27)17-8-10-25(11-9-17)22(28)20-18-13-29-19(12-26(18)14-24-20)16-6-4-15(2)5-7-16/h4-7,14,17,19H,3,8-13H2,1-2H3,(H,23,27). The summed E-state index contributed by atoms with van der Waals surface area (Å²) in [6.45, 7) is 6.81. The van der Waals surface area contributed by atoms with E-state index >= 15 is 0 Å². The summed E-state index contributed by atoms with van der Waals surface area (Å²) < 4.78 is 8.09. The van der Waals surface area contributed by atoms with Crippen LogP contribution in [0.15, 0.2) is 30.6 Å². The Labute approximate surface area is 171 Å². The number of rotatable bonds is 4. The van der Waals surface area contributed by atoms with Crippen LogP contribution in [-0.2, 0) is 22.7 Å². The first kappa shape index (κ1) is 19.6. The average molecular weight is 396 g/mol. The molecule has 3 heterocycles. The molecule has 0 bridgehead atoms. The van der Waals surface area contributed by atoms with Crippen molar-refractivity contribution in [2.24, 2.45) is 5.92 Å². The molecule has 2 aromatic rings. The maximum Gasteiger partial charge on any atom is 0.274 e. The van der Waals surface area contributed by atoms with Crippen molar-refractivity contribution in [1.82, 2.24) is 19.8 Å². The minimum atomic E-state index is -0.0644. The van der Waals surface area contributed by atoms with Gasteiger partial charge in [-0.25, -0.2) is 4.98 Å². The second kappa shape index (κ2) is 8.37. The van der Waals surface area contributed by atoms with Crippen molar-refractivity contribution in [2.75, 3.05) is 19.6 Å². The van der Waals surface area contributed by atoms with Crippen molar-refractivity contribution in [2.45, 2.75) is 45.9 Å². The third kappa shape index (κ3) is 4.05. The molecule has 7 nitrogen and oxygen atoms in total. The Kier molecular flexibility index (Phi) is 5.67. The molecule has 0 aliphatic carbocycles. The Morgan fingerprint density at radius 2 is 1.93 bits per heavy atom. The number of carbonyl (C=O) groups is 2. The average Bonchev–Trinajstić information content (AvgIpc) is 3.17. The van der Waals surface area contributed by atoms with Crippen molar-refractivity contribution in [3.05, 3.63) is 53.1 Å². The largest absolute Gasteiger partial charge is 0.365 e. The van der Waals surface area contributed by atoms with E-state index in [9.17, 15) is 9.59 Å². The van der Waals surface area contributed by atoms with Crippen molar-refractivity contribution < 1.29 is 14.3 Å². The fraction of sp³-hybridized carbons (Fsp3) is 0.500. The lowest BCUT2D eigenvalue weighted by Crippen LogP contribution is -2.43. The number of piperidine rings is 1. The van der Waals surface area contributed by atoms with Crippen LogP contribution >= 0.6 is 0 Å². The van der Waals surface area contributed by atoms with Crippen molar-refractivity contribution in [3.63, 3.8) is 0 Å². The zero-order chi connectivity index (χ0) is 20.4. The number of ether oxygens (including phenoxy) is 1. The lowest BCUT2D eigenvalue weighted by molar-refractivity contribution is -0.126. The summed E-state index contributed by atoms with van der Waals surface area (Å²) in [6.07, 6.45) is 3.10. The molecule has 29 heavy (non-hydrogen) atoms. The predicted molar refractivity (Wildman–Crippen MR) is 108 cm³/mol. The zero-order valence-electron chi connectivity index (χ0n) is 17.1. The molecule has 7 heteroatoms. The Morgan fingerprint density at radius 3 is 2.62 bits per heavy atom. The summed E-state index contributed by atoms with van der Waals surface area (Å²) >= 11 is 0. The van der Waals surface area contributed by atoms with E-state index in [1.807, 2.05) is 16.4 Å². The van der Waals surface area contributed by atoms with Crippen LogP contribution in [0.1, 0.15) is 53.2 Å². The van der Waals surface area contributed by atoms with E-state index in [1.54, 1.807) is 6.33 Å². The van der Waals surface area contributed by atoms with Gasteiger partial charge in [-0.3, -0.25) is 9.59 Å². The smallest absolute Gasteiger partial charge is 0.274 e. The zero-order valence-corrected chi connectivity index (χ0v) is 17.1. The molecular weight excluding hydrogens is 368 g/mol. The van der Waals surface area contributed by atoms with Crippen molar-refractivity contribution in [3.8, 4) is 0 Å². The number of fused-ring (bicyclic) bond motifs is 1. The van der Waals surface area contributed by atoms with E-state index in [-0.39, 0.29) is 23.8 Å². The second-order valence-corrected chi connectivity index (χ2v) is 7.86. The molecule has 2 amide bonds. The van der Waals surface area contributed by atoms with Gasteiger partial charge in [0, 0.05) is 25.6 Å². The van der Waals surface area contributed by atoms with E-state index in [4.69, 9.17) is 4.74 Å². The highest BCUT2D eigenvalue weighted by molar-refractivity contribution is 5.93. The predicted octanol–water partition coefficient (Wildman–Crippen LogP) is 2.45. The molecule has 1 atom stereocenters. The Balaban J connectivity index is 1.41. The number of aryl methyl sites for hydroxylation is 1. The van der Waals surface area contributed by atoms with Gasteiger partial charge >= 0.3 is 0 Å². The molecule has 0 radical (unpaired) electrons. The van der Waals surface area contributed by atoms with E-state index < -0.39 is 0 Å². The van der Waals surface area contributed by atoms with Gasteiger partial charge in [0.1, 0.15) is 6.10 Å². The van der Waals surface area contributed by atoms with Crippen LogP contribution in [0.5, 0.6) is 0 Å². The number of aromatic nitrogens is 2. The molecule has 1 saturated heterocycles. The maximum atomic E-state index is 13.0. The third-order valence-corrected chi connectivity index (χ3v) is 5.89. The van der Waals surface area contributed by atoms with Crippen LogP contribution in [0.3, 0.4) is 0 Å². The van der Waals surface area contributed by atoms with Crippen molar-refractivity contribution >= 4 is 11.8 Å². The summed E-state index contributed by atoms with van der Waals surface area (Å²) in [4.78, 5) is 31.3. The number of carbonyl (C=O) groups excluding carboxylic acids is 2. The minimum absolute atomic E-state index is 0.00601. The quantitative estimate of drug-likeness (QED) is 0.861. The second-order valence-electron chi connectivity index (χ2n) is 7.86. The maximum absolute atomic E-state index is 13.0. The number of amides is 2. The van der Waals surface area contributed by atoms with Gasteiger partial charge in [-0.05, 0) is 32.3 Å². The lowest BCUT2D eigenvalue weighted by atomic mass is 9.95. The van der Waals surface area contributed by atoms with Gasteiger partial charge in [-0.15, -0.1) is 0 Å². The highest BCUT2D eigenvalue weighted by Gasteiger charge is 2.32. The van der Waals surface area contributed by atoms with Gasteiger partial charge in [0.2, 0.25) is 5.91 Å². The number of hydrogen-bond donors (Lipinski definition) is 1. The van der Waals surface area contributed by atoms with Crippen LogP contribution in [0.2, 0.25) is 0 Å². The first-order valence-electron chi connectivity index (χ1n) is 10.4. The van der Waals surface area contributed by atoms with Crippen LogP contribution in [0.4, 0.5) is 0 Å². The Bertz CT molecular complexity index is 882. The highest BCUT2D eigenvalue weighted by Crippen LogP contribution is 2.29. The molecular formula is C22H28N4O3. The van der Waals surface area contributed by atoms with E-state index in [0.29, 0.717) is 51.3 Å². The number of nitrogens with one attached hydrogen (secondary N) is 1. The van der Waals surface area contributed by atoms with Gasteiger partial charge < -0.3 is 19.5 Å². The minimum Gasteiger partial charge on any atom is -0.365 e. The molecule has 1 fully saturated rings. The van der Waals surface area contributed by atoms with E-state index in [2.05, 4.69) is 41.5 Å². The summed E-state index contributed by atoms with van der Waals surface area (Å²) in [7, 11) is 0. The van der Waals surface area contributed by atoms with Gasteiger partial charge in [0.25, 0.3) is 5.91 Å². The molecule has 2 aliphatic rings. The number of imidazole rings is 1. The molecule has 0 spiro atoms. The van der Waals surface area contributed by atoms with Crippen LogP contribution in [-0.4, -0.2) is 45.9 Å². The monoisotopic (exact) mass is 396 g/mol. The number of hydrogen-bond acceptors (Lipinski definition) is 4. The molecule has 1 unspecified atom stereocenters. The summed E-state index contributed by atoms with van der Waals surface area (Å²) in [5, 5.41) is 2.87. The van der Waals surface area contributed by atoms with Crippen molar-refractivity contribution in [1.29, 1.82) is 0 Å². The first-order chi connectivity index (χ1) is 14.1. The topological polar surface area (TPSA) is 76.5 Å². The van der Waals surface area contributed by atoms with Crippen LogP contribution < -0.4 is 5.32 Å². The number of likely N-dealkylation sites (tertiary alicyclic amines) is 1. The highest BCUT2D eigenvalue weighted by atomic mass is 16.5. The summed E-state index contributed by atoms with van der Waals surface area (Å²) in [5.41, 5.74) is 3.67. The van der Waals surface area contributed by atoms with Gasteiger partial charge in [0.15, 0.2) is 5.69 Å². The number of nitrogens with zero attached hydrogens (tertiary/aromatic N) is 3. The molecule has 154 valence electrons. The molecule has 1 aromatic heterocycles. The Morgan fingerprint density at radius 1 is 1.21 bits per heavy atom. The fourth-order valence-electron chi connectivity index (χ4n) is 4.10. The van der Waals surface area contributed by atoms with Crippen LogP contribution in [0, 0.1) is 12.8 Å². The summed E-state index contributed by atoms with van der Waals surface area (Å²) in [6, 6.07) is 8.35. The Hall–Kier alpha value is -2.67. The number of benzene rings is 1. The summed E-state index contributed by atoms with van der Waals surface area (Å²) in [5.74, 6) is 0.0218. The third-order valence-electron chi connectivity index (χ3n) is 5.89. The fourth-order valence-corrected chi connectivity index (χ4v) is 4.10. The molecule has 2 aliphatic heterocycles. The van der Waals surface area contributed by atoms with Gasteiger partial charge in [-0.2, -0.15) is 0 Å². The molecule has 1 aromatic carbocycles. The van der Waals surface area contributed by atoms with E-state index in [0.717, 1.165) is 11.3 Å². The van der Waals surface area contributed by atoms with Crippen LogP contribution in [0.25, 0.3) is 0 Å². The first-order valence-corrected chi connectivity index (χ1v) is 10.4. The SMILES string of the molecule is CCNC(=O)C1CCN(C(=O)c2ncn3c2COC(c2ccc(C)cc2)C3)CC1. The van der Waals surface area contributed by atoms with Gasteiger partial charge in [0.05, 0.1) is 25.2 Å². The lowest BCUT2D eigenvalue weighted by Gasteiger charge is -2.31. The van der Waals surface area contributed by atoms with Gasteiger partial charge in [-0.1, -0.05) is 29.8 Å². The molecule has 0 saturated carbocycles.